The molecule has 2 atom stereocenters. The molecule has 0 radical (unpaired) electrons. The first-order valence-electron chi connectivity index (χ1n) is 8.89. The fourth-order valence-corrected chi connectivity index (χ4v) is 2.99. The van der Waals surface area contributed by atoms with Gasteiger partial charge in [-0.1, -0.05) is 0 Å². The topological polar surface area (TPSA) is 98.5 Å². The highest BCUT2D eigenvalue weighted by atomic mass is 19.3. The average molecular weight is 410 g/mol. The van der Waals surface area contributed by atoms with Crippen molar-refractivity contribution in [2.24, 2.45) is 5.73 Å². The number of aromatic nitrogens is 1. The second-order valence-corrected chi connectivity index (χ2v) is 6.67. The molecule has 1 amide bonds. The zero-order valence-corrected chi connectivity index (χ0v) is 15.8. The molecule has 7 nitrogen and oxygen atoms in total. The predicted molar refractivity (Wildman–Crippen MR) is 99.1 cm³/mol. The van der Waals surface area contributed by atoms with Crippen molar-refractivity contribution in [1.29, 1.82) is 0 Å². The fourth-order valence-electron chi connectivity index (χ4n) is 2.99. The quantitative estimate of drug-likeness (QED) is 0.701. The zero-order chi connectivity index (χ0) is 21.2. The molecule has 1 fully saturated rings. The summed E-state index contributed by atoms with van der Waals surface area (Å²) in [4.78, 5) is 16.4. The number of anilines is 1. The monoisotopic (exact) mass is 410 g/mol. The van der Waals surface area contributed by atoms with E-state index >= 15 is 0 Å². The van der Waals surface area contributed by atoms with E-state index in [0.717, 1.165) is 19.1 Å². The molecule has 156 valence electrons. The molecule has 10 heteroatoms. The number of nitrogens with two attached hydrogens (primary N) is 1. The lowest BCUT2D eigenvalue weighted by atomic mass is 9.84. The van der Waals surface area contributed by atoms with Crippen molar-refractivity contribution in [2.75, 3.05) is 18.5 Å². The molecule has 1 aromatic carbocycles. The van der Waals surface area contributed by atoms with E-state index in [1.165, 1.54) is 18.3 Å². The minimum absolute atomic E-state index is 0.0853. The summed E-state index contributed by atoms with van der Waals surface area (Å²) in [6, 6.07) is 6.45. The third kappa shape index (κ3) is 4.19. The van der Waals surface area contributed by atoms with Gasteiger partial charge in [-0.25, -0.2) is 18.2 Å². The smallest absolute Gasteiger partial charge is 0.292 e. The van der Waals surface area contributed by atoms with Gasteiger partial charge in [0.2, 0.25) is 0 Å². The van der Waals surface area contributed by atoms with Crippen LogP contribution in [0.25, 0.3) is 0 Å². The Labute approximate surface area is 165 Å². The van der Waals surface area contributed by atoms with Crippen LogP contribution in [0.4, 0.5) is 18.9 Å². The molecule has 1 saturated heterocycles. The molecule has 1 aliphatic heterocycles. The first kappa shape index (κ1) is 21.0. The molecule has 1 aliphatic rings. The van der Waals surface area contributed by atoms with Gasteiger partial charge in [-0.05, 0) is 44.2 Å². The molecule has 1 aromatic heterocycles. The van der Waals surface area contributed by atoms with Crippen molar-refractivity contribution in [3.63, 3.8) is 0 Å². The highest BCUT2D eigenvalue weighted by Gasteiger charge is 2.56. The van der Waals surface area contributed by atoms with Crippen molar-refractivity contribution >= 4 is 11.6 Å². The van der Waals surface area contributed by atoms with Gasteiger partial charge >= 0.3 is 0 Å². The fraction of sp³-hybridized carbons (Fsp3) is 0.368. The van der Waals surface area contributed by atoms with Crippen LogP contribution in [0, 0.1) is 5.82 Å². The number of hydrogen-bond acceptors (Lipinski definition) is 6. The number of benzene rings is 1. The molecule has 0 spiro atoms. The minimum atomic E-state index is -3.44. The Bertz CT molecular complexity index is 895. The number of ether oxygens (including phenoxy) is 2. The van der Waals surface area contributed by atoms with Gasteiger partial charge in [0.1, 0.15) is 29.4 Å². The first-order chi connectivity index (χ1) is 13.7. The number of nitrogens with zero attached hydrogens (tertiary/aromatic N) is 1. The summed E-state index contributed by atoms with van der Waals surface area (Å²) in [5.74, 6) is -4.39. The minimum Gasteiger partial charge on any atom is -0.492 e. The van der Waals surface area contributed by atoms with Crippen molar-refractivity contribution in [2.45, 2.75) is 31.7 Å². The van der Waals surface area contributed by atoms with Gasteiger partial charge in [0.25, 0.3) is 11.8 Å². The van der Waals surface area contributed by atoms with Crippen LogP contribution in [0.5, 0.6) is 5.75 Å². The number of nitrogens with one attached hydrogen (secondary N) is 2. The lowest BCUT2D eigenvalue weighted by Gasteiger charge is -2.44. The van der Waals surface area contributed by atoms with Crippen LogP contribution in [0.15, 0.2) is 36.5 Å². The summed E-state index contributed by atoms with van der Waals surface area (Å²) in [6.07, 6.45) is 0.203. The van der Waals surface area contributed by atoms with E-state index in [1.54, 1.807) is 6.07 Å². The summed E-state index contributed by atoms with van der Waals surface area (Å²) in [7, 11) is 0. The van der Waals surface area contributed by atoms with Gasteiger partial charge in [-0.3, -0.25) is 15.8 Å². The Kier molecular flexibility index (Phi) is 5.78. The summed E-state index contributed by atoms with van der Waals surface area (Å²) in [5, 5.41) is 4.93. The van der Waals surface area contributed by atoms with Crippen LogP contribution in [0.2, 0.25) is 0 Å². The summed E-state index contributed by atoms with van der Waals surface area (Å²) in [5.41, 5.74) is 3.30. The van der Waals surface area contributed by atoms with E-state index < -0.39 is 36.1 Å². The average Bonchev–Trinajstić information content (AvgIpc) is 2.67. The molecular weight excluding hydrogens is 389 g/mol. The van der Waals surface area contributed by atoms with Crippen LogP contribution >= 0.6 is 0 Å². The maximum Gasteiger partial charge on any atom is 0.292 e. The van der Waals surface area contributed by atoms with Gasteiger partial charge in [0.05, 0.1) is 12.8 Å². The predicted octanol–water partition coefficient (Wildman–Crippen LogP) is 2.58. The Morgan fingerprint density at radius 1 is 1.41 bits per heavy atom. The van der Waals surface area contributed by atoms with Crippen molar-refractivity contribution in [3.8, 4) is 5.75 Å². The zero-order valence-electron chi connectivity index (χ0n) is 15.8. The summed E-state index contributed by atoms with van der Waals surface area (Å²) < 4.78 is 53.5. The van der Waals surface area contributed by atoms with Crippen LogP contribution in [-0.4, -0.2) is 36.4 Å². The maximum absolute atomic E-state index is 14.5. The number of alkyl halides is 2. The Morgan fingerprint density at radius 3 is 2.83 bits per heavy atom. The molecule has 2 aromatic rings. The van der Waals surface area contributed by atoms with E-state index in [1.807, 2.05) is 6.92 Å². The Hall–Kier alpha value is -2.69. The molecule has 4 N–H and O–H groups in total. The van der Waals surface area contributed by atoms with Crippen LogP contribution in [0.3, 0.4) is 0 Å². The third-order valence-electron chi connectivity index (χ3n) is 4.65. The third-order valence-corrected chi connectivity index (χ3v) is 4.65. The lowest BCUT2D eigenvalue weighted by molar-refractivity contribution is -0.208. The number of pyridine rings is 1. The number of amides is 1. The Balaban J connectivity index is 1.86. The van der Waals surface area contributed by atoms with Gasteiger partial charge in [0, 0.05) is 11.3 Å². The standard InChI is InChI=1S/C19H21F3N4O3/c1-3-28-12-5-7-15(24-9-12)16(27)25-11-4-6-14(20)13(8-11)18(2)19(21,22)10-29-17(23)26-18/h4-9,17,26H,3,10,23H2,1-2H3,(H,25,27)/t17?,18-/m1/s1. The van der Waals surface area contributed by atoms with E-state index in [4.69, 9.17) is 15.2 Å². The van der Waals surface area contributed by atoms with Gasteiger partial charge < -0.3 is 14.8 Å². The highest BCUT2D eigenvalue weighted by Crippen LogP contribution is 2.42. The molecule has 3 rings (SSSR count). The van der Waals surface area contributed by atoms with Crippen LogP contribution in [0.1, 0.15) is 29.9 Å². The number of halogens is 3. The van der Waals surface area contributed by atoms with E-state index in [0.29, 0.717) is 12.4 Å². The molecule has 1 unspecified atom stereocenters. The lowest BCUT2D eigenvalue weighted by Crippen LogP contribution is -2.66. The second-order valence-electron chi connectivity index (χ2n) is 6.67. The van der Waals surface area contributed by atoms with Crippen LogP contribution in [-0.2, 0) is 10.3 Å². The molecule has 2 heterocycles. The Morgan fingerprint density at radius 2 is 2.17 bits per heavy atom. The number of hydrogen-bond donors (Lipinski definition) is 3. The van der Waals surface area contributed by atoms with E-state index in [9.17, 15) is 18.0 Å². The summed E-state index contributed by atoms with van der Waals surface area (Å²) in [6.45, 7) is 2.44. The number of carbonyl (C=O) groups excluding carboxylic acids is 1. The number of carbonyl (C=O) groups is 1. The molecule has 29 heavy (non-hydrogen) atoms. The van der Waals surface area contributed by atoms with Gasteiger partial charge in [-0.15, -0.1) is 0 Å². The van der Waals surface area contributed by atoms with Crippen molar-refractivity contribution in [1.82, 2.24) is 10.3 Å². The van der Waals surface area contributed by atoms with Gasteiger partial charge in [-0.2, -0.15) is 0 Å². The molecule has 0 aliphatic carbocycles. The molecular formula is C19H21F3N4O3. The molecule has 0 saturated carbocycles. The largest absolute Gasteiger partial charge is 0.492 e. The summed E-state index contributed by atoms with van der Waals surface area (Å²) >= 11 is 0. The van der Waals surface area contributed by atoms with E-state index in [2.05, 4.69) is 15.6 Å². The van der Waals surface area contributed by atoms with E-state index in [-0.39, 0.29) is 16.9 Å². The normalized spacial score (nSPS) is 23.4. The van der Waals surface area contributed by atoms with Crippen molar-refractivity contribution < 1.29 is 27.4 Å². The second kappa shape index (κ2) is 7.97. The SMILES string of the molecule is CCOc1ccc(C(=O)Nc2ccc(F)c([C@@]3(C)NC(N)OCC3(F)F)c2)nc1. The molecule has 0 bridgehead atoms. The maximum atomic E-state index is 14.5. The highest BCUT2D eigenvalue weighted by molar-refractivity contribution is 6.02. The van der Waals surface area contributed by atoms with Crippen molar-refractivity contribution in [3.05, 3.63) is 53.6 Å². The van der Waals surface area contributed by atoms with Gasteiger partial charge in [0.15, 0.2) is 6.35 Å². The number of rotatable bonds is 5. The first-order valence-corrected chi connectivity index (χ1v) is 8.89. The van der Waals surface area contributed by atoms with Crippen LogP contribution < -0.4 is 21.1 Å².